The highest BCUT2D eigenvalue weighted by atomic mass is 14.5. The molecule has 0 heterocycles. The van der Waals surface area contributed by atoms with Gasteiger partial charge in [-0.25, -0.2) is 0 Å². The monoisotopic (exact) mass is 110 g/mol. The van der Waals surface area contributed by atoms with Crippen LogP contribution in [0.15, 0.2) is 0 Å². The highest BCUT2D eigenvalue weighted by Crippen LogP contribution is 2.54. The zero-order valence-electron chi connectivity index (χ0n) is 5.56. The molecule has 2 fully saturated rings. The summed E-state index contributed by atoms with van der Waals surface area (Å²) in [5, 5.41) is 0. The van der Waals surface area contributed by atoms with Crippen molar-refractivity contribution in [2.45, 2.75) is 32.6 Å². The third-order valence-corrected chi connectivity index (χ3v) is 3.08. The lowest BCUT2D eigenvalue weighted by Gasteiger charge is -2.05. The Morgan fingerprint density at radius 1 is 1.00 bits per heavy atom. The molecular formula is C8H14. The van der Waals surface area contributed by atoms with E-state index in [1.165, 1.54) is 24.7 Å². The Morgan fingerprint density at radius 3 is 1.88 bits per heavy atom. The van der Waals surface area contributed by atoms with Gasteiger partial charge in [0, 0.05) is 0 Å². The molecule has 2 rings (SSSR count). The van der Waals surface area contributed by atoms with Gasteiger partial charge in [-0.05, 0) is 30.6 Å². The Balaban J connectivity index is 1.97. The topological polar surface area (TPSA) is 0 Å². The van der Waals surface area contributed by atoms with Crippen LogP contribution in [0, 0.1) is 17.8 Å². The van der Waals surface area contributed by atoms with Gasteiger partial charge in [-0.1, -0.05) is 19.8 Å². The molecule has 0 saturated heterocycles. The second-order valence-corrected chi connectivity index (χ2v) is 3.47. The SMILES string of the molecule is CC1[C@H]2CCCC[C@@H]12. The van der Waals surface area contributed by atoms with E-state index < -0.39 is 0 Å². The van der Waals surface area contributed by atoms with Crippen molar-refractivity contribution < 1.29 is 0 Å². The van der Waals surface area contributed by atoms with Crippen molar-refractivity contribution in [3.8, 4) is 0 Å². The maximum atomic E-state index is 2.42. The first-order valence-corrected chi connectivity index (χ1v) is 3.89. The Hall–Kier alpha value is 0. The summed E-state index contributed by atoms with van der Waals surface area (Å²) in [6, 6.07) is 0. The van der Waals surface area contributed by atoms with Crippen molar-refractivity contribution in [1.82, 2.24) is 0 Å². The van der Waals surface area contributed by atoms with E-state index in [4.69, 9.17) is 0 Å². The van der Waals surface area contributed by atoms with Crippen LogP contribution in [0.4, 0.5) is 0 Å². The smallest absolute Gasteiger partial charge is 0.0355 e. The Morgan fingerprint density at radius 2 is 1.50 bits per heavy atom. The number of hydrogen-bond donors (Lipinski definition) is 0. The maximum Gasteiger partial charge on any atom is -0.0355 e. The van der Waals surface area contributed by atoms with Crippen molar-refractivity contribution in [3.05, 3.63) is 0 Å². The molecular weight excluding hydrogens is 96.1 g/mol. The quantitative estimate of drug-likeness (QED) is 0.449. The van der Waals surface area contributed by atoms with E-state index >= 15 is 0 Å². The fourth-order valence-electron chi connectivity index (χ4n) is 2.35. The van der Waals surface area contributed by atoms with Gasteiger partial charge in [-0.3, -0.25) is 0 Å². The van der Waals surface area contributed by atoms with Crippen LogP contribution in [0.3, 0.4) is 0 Å². The lowest BCUT2D eigenvalue weighted by atomic mass is 10.0. The predicted octanol–water partition coefficient (Wildman–Crippen LogP) is 2.44. The summed E-state index contributed by atoms with van der Waals surface area (Å²) in [7, 11) is 0. The highest BCUT2D eigenvalue weighted by molar-refractivity contribution is 4.95. The summed E-state index contributed by atoms with van der Waals surface area (Å²) >= 11 is 0. The van der Waals surface area contributed by atoms with E-state index in [0.29, 0.717) is 0 Å². The van der Waals surface area contributed by atoms with Gasteiger partial charge in [0.15, 0.2) is 0 Å². The molecule has 3 atom stereocenters. The van der Waals surface area contributed by atoms with Crippen LogP contribution in [-0.2, 0) is 0 Å². The van der Waals surface area contributed by atoms with Gasteiger partial charge in [0.25, 0.3) is 0 Å². The molecule has 46 valence electrons. The summed E-state index contributed by atoms with van der Waals surface area (Å²) in [6.45, 7) is 2.42. The van der Waals surface area contributed by atoms with Gasteiger partial charge in [0.1, 0.15) is 0 Å². The molecule has 0 radical (unpaired) electrons. The third-order valence-electron chi connectivity index (χ3n) is 3.08. The molecule has 2 saturated carbocycles. The van der Waals surface area contributed by atoms with E-state index in [-0.39, 0.29) is 0 Å². The van der Waals surface area contributed by atoms with E-state index in [2.05, 4.69) is 6.92 Å². The molecule has 0 N–H and O–H groups in total. The normalized spacial score (nSPS) is 52.9. The molecule has 8 heavy (non-hydrogen) atoms. The average Bonchev–Trinajstić information content (AvgIpc) is 2.46. The molecule has 0 aromatic rings. The second kappa shape index (κ2) is 1.49. The number of fused-ring (bicyclic) bond motifs is 1. The molecule has 0 aromatic carbocycles. The summed E-state index contributed by atoms with van der Waals surface area (Å²) < 4.78 is 0. The predicted molar refractivity (Wildman–Crippen MR) is 34.6 cm³/mol. The van der Waals surface area contributed by atoms with Gasteiger partial charge in [0.2, 0.25) is 0 Å². The van der Waals surface area contributed by atoms with Crippen molar-refractivity contribution in [1.29, 1.82) is 0 Å². The Kier molecular flexibility index (Phi) is 0.902. The van der Waals surface area contributed by atoms with Gasteiger partial charge >= 0.3 is 0 Å². The first-order valence-electron chi connectivity index (χ1n) is 3.89. The fourth-order valence-corrected chi connectivity index (χ4v) is 2.35. The lowest BCUT2D eigenvalue weighted by molar-refractivity contribution is 0.480. The molecule has 0 nitrogen and oxygen atoms in total. The Labute approximate surface area is 51.3 Å². The van der Waals surface area contributed by atoms with Crippen LogP contribution in [0.25, 0.3) is 0 Å². The summed E-state index contributed by atoms with van der Waals surface area (Å²) in [5.41, 5.74) is 0. The van der Waals surface area contributed by atoms with Crippen molar-refractivity contribution in [2.24, 2.45) is 17.8 Å². The molecule has 0 aliphatic heterocycles. The molecule has 0 spiro atoms. The largest absolute Gasteiger partial charge is 0.0620 e. The molecule has 0 bridgehead atoms. The lowest BCUT2D eigenvalue weighted by Crippen LogP contribution is -1.91. The van der Waals surface area contributed by atoms with Crippen LogP contribution in [0.2, 0.25) is 0 Å². The molecule has 0 aromatic heterocycles. The zero-order valence-corrected chi connectivity index (χ0v) is 5.56. The van der Waals surface area contributed by atoms with Gasteiger partial charge in [0.05, 0.1) is 0 Å². The van der Waals surface area contributed by atoms with Crippen molar-refractivity contribution in [2.75, 3.05) is 0 Å². The first-order chi connectivity index (χ1) is 3.89. The van der Waals surface area contributed by atoms with Crippen LogP contribution in [0.1, 0.15) is 32.6 Å². The summed E-state index contributed by atoms with van der Waals surface area (Å²) in [6.07, 6.45) is 6.13. The van der Waals surface area contributed by atoms with Crippen LogP contribution >= 0.6 is 0 Å². The number of rotatable bonds is 0. The van der Waals surface area contributed by atoms with E-state index in [1.54, 1.807) is 12.8 Å². The Bertz CT molecular complexity index is 84.2. The highest BCUT2D eigenvalue weighted by Gasteiger charge is 2.46. The molecule has 0 amide bonds. The standard InChI is InChI=1S/C8H14/c1-6-7-4-2-3-5-8(6)7/h6-8H,2-5H2,1H3/t6?,7-,8+. The average molecular weight is 110 g/mol. The zero-order chi connectivity index (χ0) is 5.56. The fraction of sp³-hybridized carbons (Fsp3) is 1.00. The van der Waals surface area contributed by atoms with Crippen LogP contribution in [-0.4, -0.2) is 0 Å². The maximum absolute atomic E-state index is 2.42. The van der Waals surface area contributed by atoms with Gasteiger partial charge < -0.3 is 0 Å². The minimum atomic E-state index is 1.11. The third kappa shape index (κ3) is 0.519. The minimum absolute atomic E-state index is 1.11. The van der Waals surface area contributed by atoms with Gasteiger partial charge in [-0.15, -0.1) is 0 Å². The van der Waals surface area contributed by atoms with Gasteiger partial charge in [-0.2, -0.15) is 0 Å². The van der Waals surface area contributed by atoms with E-state index in [1.807, 2.05) is 0 Å². The molecule has 1 unspecified atom stereocenters. The first kappa shape index (κ1) is 4.84. The molecule has 0 heteroatoms. The van der Waals surface area contributed by atoms with Crippen LogP contribution in [0.5, 0.6) is 0 Å². The summed E-state index contributed by atoms with van der Waals surface area (Å²) in [5.74, 6) is 3.45. The van der Waals surface area contributed by atoms with E-state index in [9.17, 15) is 0 Å². The molecule has 2 aliphatic rings. The number of hydrogen-bond acceptors (Lipinski definition) is 0. The minimum Gasteiger partial charge on any atom is -0.0620 e. The van der Waals surface area contributed by atoms with Crippen LogP contribution < -0.4 is 0 Å². The summed E-state index contributed by atoms with van der Waals surface area (Å²) in [4.78, 5) is 0. The van der Waals surface area contributed by atoms with E-state index in [0.717, 1.165) is 5.92 Å². The second-order valence-electron chi connectivity index (χ2n) is 3.47. The molecule has 2 aliphatic carbocycles. The van der Waals surface area contributed by atoms with Crippen molar-refractivity contribution >= 4 is 0 Å². The van der Waals surface area contributed by atoms with Crippen molar-refractivity contribution in [3.63, 3.8) is 0 Å².